The van der Waals surface area contributed by atoms with Crippen LogP contribution in [-0.2, 0) is 27.4 Å². The summed E-state index contributed by atoms with van der Waals surface area (Å²) in [5.74, 6) is -2.92. The minimum atomic E-state index is -1.49. The molecule has 1 atom stereocenters. The molecule has 2 aromatic carbocycles. The predicted octanol–water partition coefficient (Wildman–Crippen LogP) is 2.87. The molecule has 6 nitrogen and oxygen atoms in total. The summed E-state index contributed by atoms with van der Waals surface area (Å²) in [7, 11) is 0. The number of benzene rings is 2. The van der Waals surface area contributed by atoms with Crippen molar-refractivity contribution in [2.45, 2.75) is 33.0 Å². The molecule has 8 heteroatoms. The molecule has 0 aliphatic rings. The lowest BCUT2D eigenvalue weighted by atomic mass is 10.0. The highest BCUT2D eigenvalue weighted by atomic mass is 19.1. The fourth-order valence-electron chi connectivity index (χ4n) is 2.65. The van der Waals surface area contributed by atoms with Crippen LogP contribution in [0.4, 0.5) is 8.78 Å². The number of carbonyl (C=O) groups excluding carboxylic acids is 2. The summed E-state index contributed by atoms with van der Waals surface area (Å²) in [5, 5.41) is 13.9. The van der Waals surface area contributed by atoms with Crippen LogP contribution < -0.4 is 10.6 Å². The van der Waals surface area contributed by atoms with Gasteiger partial charge in [-0.3, -0.25) is 9.59 Å². The van der Waals surface area contributed by atoms with Crippen LogP contribution in [0.1, 0.15) is 42.2 Å². The first kappa shape index (κ1) is 22.0. The average Bonchev–Trinajstić information content (AvgIpc) is 2.71. The van der Waals surface area contributed by atoms with Gasteiger partial charge in [-0.15, -0.1) is 0 Å². The minimum absolute atomic E-state index is 0.0428. The number of hydrogen-bond acceptors (Lipinski definition) is 4. The Balaban J connectivity index is 2.22. The second kappa shape index (κ2) is 10.3. The first-order chi connectivity index (χ1) is 13.9. The van der Waals surface area contributed by atoms with Crippen molar-refractivity contribution < 1.29 is 23.1 Å². The van der Waals surface area contributed by atoms with Gasteiger partial charge in [-0.05, 0) is 30.7 Å². The van der Waals surface area contributed by atoms with Gasteiger partial charge >= 0.3 is 0 Å². The second-order valence-electron chi connectivity index (χ2n) is 6.21. The number of nitriles is 1. The lowest BCUT2D eigenvalue weighted by Gasteiger charge is -2.20. The van der Waals surface area contributed by atoms with E-state index in [1.165, 1.54) is 13.0 Å². The Labute approximate surface area is 167 Å². The molecule has 0 heterocycles. The third kappa shape index (κ3) is 5.83. The summed E-state index contributed by atoms with van der Waals surface area (Å²) in [4.78, 5) is 23.7. The molecule has 0 aromatic heterocycles. The number of nitrogens with one attached hydrogen (secondary N) is 2. The summed E-state index contributed by atoms with van der Waals surface area (Å²) < 4.78 is 34.6. The molecule has 2 aromatic rings. The molecule has 0 aliphatic heterocycles. The van der Waals surface area contributed by atoms with Crippen LogP contribution in [0.5, 0.6) is 0 Å². The van der Waals surface area contributed by atoms with Gasteiger partial charge in [0, 0.05) is 32.2 Å². The fraction of sp³-hybridized carbons (Fsp3) is 0.286. The summed E-state index contributed by atoms with van der Waals surface area (Å²) in [6.45, 7) is 2.91. The van der Waals surface area contributed by atoms with Crippen LogP contribution in [0.15, 0.2) is 36.4 Å². The van der Waals surface area contributed by atoms with Crippen molar-refractivity contribution in [1.82, 2.24) is 10.6 Å². The molecule has 0 spiro atoms. The maximum absolute atomic E-state index is 14.9. The van der Waals surface area contributed by atoms with Gasteiger partial charge in [-0.1, -0.05) is 18.2 Å². The molecule has 0 bridgehead atoms. The van der Waals surface area contributed by atoms with Crippen molar-refractivity contribution in [2.75, 3.05) is 6.61 Å². The molecule has 0 aliphatic carbocycles. The number of ether oxygens (including phenoxy) is 1. The number of rotatable bonds is 8. The molecule has 0 saturated carbocycles. The third-order valence-corrected chi connectivity index (χ3v) is 4.12. The lowest BCUT2D eigenvalue weighted by molar-refractivity contribution is -0.133. The van der Waals surface area contributed by atoms with Crippen molar-refractivity contribution in [3.8, 4) is 6.07 Å². The molecule has 152 valence electrons. The SMILES string of the molecule is CCO[C@H](C(=O)NCc1ccc(C#N)cc1)c1c(F)ccc(CNC(C)=O)c1F. The molecule has 29 heavy (non-hydrogen) atoms. The first-order valence-corrected chi connectivity index (χ1v) is 8.96. The smallest absolute Gasteiger partial charge is 0.254 e. The van der Waals surface area contributed by atoms with Crippen molar-refractivity contribution in [3.05, 3.63) is 70.3 Å². The van der Waals surface area contributed by atoms with E-state index in [0.717, 1.165) is 6.07 Å². The van der Waals surface area contributed by atoms with Crippen molar-refractivity contribution >= 4 is 11.8 Å². The van der Waals surface area contributed by atoms with Crippen molar-refractivity contribution in [1.29, 1.82) is 5.26 Å². The maximum Gasteiger partial charge on any atom is 0.254 e. The minimum Gasteiger partial charge on any atom is -0.364 e. The summed E-state index contributed by atoms with van der Waals surface area (Å²) in [5.41, 5.74) is 0.730. The van der Waals surface area contributed by atoms with Gasteiger partial charge in [-0.2, -0.15) is 5.26 Å². The largest absolute Gasteiger partial charge is 0.364 e. The van der Waals surface area contributed by atoms with Gasteiger partial charge < -0.3 is 15.4 Å². The Morgan fingerprint density at radius 3 is 2.38 bits per heavy atom. The van der Waals surface area contributed by atoms with E-state index in [2.05, 4.69) is 10.6 Å². The van der Waals surface area contributed by atoms with Gasteiger partial charge in [0.05, 0.1) is 17.2 Å². The molecular formula is C21H21F2N3O3. The van der Waals surface area contributed by atoms with E-state index in [1.807, 2.05) is 6.07 Å². The van der Waals surface area contributed by atoms with E-state index < -0.39 is 29.2 Å². The Kier molecular flexibility index (Phi) is 7.80. The van der Waals surface area contributed by atoms with Crippen LogP contribution in [0, 0.1) is 23.0 Å². The van der Waals surface area contributed by atoms with Crippen LogP contribution in [0.25, 0.3) is 0 Å². The summed E-state index contributed by atoms with van der Waals surface area (Å²) in [6, 6.07) is 10.8. The topological polar surface area (TPSA) is 91.2 Å². The third-order valence-electron chi connectivity index (χ3n) is 4.12. The van der Waals surface area contributed by atoms with Crippen LogP contribution in [0.2, 0.25) is 0 Å². The standard InChI is InChI=1S/C21H21F2N3O3/c1-3-29-20(21(28)26-11-15-6-4-14(10-24)5-7-15)18-17(22)9-8-16(19(18)23)12-25-13(2)27/h4-9,20H,3,11-12H2,1-2H3,(H,25,27)(H,26,28)/t20-/m0/s1. The quantitative estimate of drug-likeness (QED) is 0.712. The number of hydrogen-bond donors (Lipinski definition) is 2. The maximum atomic E-state index is 14.9. The molecule has 0 saturated heterocycles. The van der Waals surface area contributed by atoms with E-state index in [4.69, 9.17) is 10.00 Å². The molecule has 0 fully saturated rings. The molecule has 2 rings (SSSR count). The fourth-order valence-corrected chi connectivity index (χ4v) is 2.65. The molecule has 0 unspecified atom stereocenters. The van der Waals surface area contributed by atoms with Gasteiger partial charge in [-0.25, -0.2) is 8.78 Å². The first-order valence-electron chi connectivity index (χ1n) is 8.96. The highest BCUT2D eigenvalue weighted by Crippen LogP contribution is 2.27. The Bertz CT molecular complexity index is 924. The van der Waals surface area contributed by atoms with Crippen molar-refractivity contribution in [3.63, 3.8) is 0 Å². The number of amides is 2. The van der Waals surface area contributed by atoms with Gasteiger partial charge in [0.15, 0.2) is 6.10 Å². The van der Waals surface area contributed by atoms with Gasteiger partial charge in [0.25, 0.3) is 5.91 Å². The van der Waals surface area contributed by atoms with Crippen molar-refractivity contribution in [2.24, 2.45) is 0 Å². The monoisotopic (exact) mass is 401 g/mol. The lowest BCUT2D eigenvalue weighted by Crippen LogP contribution is -2.32. The number of carbonyl (C=O) groups is 2. The molecule has 2 N–H and O–H groups in total. The second-order valence-corrected chi connectivity index (χ2v) is 6.21. The Morgan fingerprint density at radius 2 is 1.79 bits per heavy atom. The highest BCUT2D eigenvalue weighted by Gasteiger charge is 2.29. The number of nitrogens with zero attached hydrogens (tertiary/aromatic N) is 1. The van der Waals surface area contributed by atoms with Crippen LogP contribution >= 0.6 is 0 Å². The summed E-state index contributed by atoms with van der Waals surface area (Å²) >= 11 is 0. The zero-order chi connectivity index (χ0) is 21.4. The zero-order valence-corrected chi connectivity index (χ0v) is 16.1. The molecular weight excluding hydrogens is 380 g/mol. The Morgan fingerprint density at radius 1 is 1.10 bits per heavy atom. The van der Waals surface area contributed by atoms with Crippen LogP contribution in [0.3, 0.4) is 0 Å². The zero-order valence-electron chi connectivity index (χ0n) is 16.1. The van der Waals surface area contributed by atoms with Crippen LogP contribution in [-0.4, -0.2) is 18.4 Å². The van der Waals surface area contributed by atoms with Gasteiger partial charge in [0.1, 0.15) is 11.6 Å². The van der Waals surface area contributed by atoms with E-state index in [1.54, 1.807) is 31.2 Å². The van der Waals surface area contributed by atoms with E-state index in [-0.39, 0.29) is 31.2 Å². The highest BCUT2D eigenvalue weighted by molar-refractivity contribution is 5.82. The molecule has 0 radical (unpaired) electrons. The van der Waals surface area contributed by atoms with Gasteiger partial charge in [0.2, 0.25) is 5.91 Å². The normalized spacial score (nSPS) is 11.4. The van der Waals surface area contributed by atoms with E-state index in [9.17, 15) is 18.4 Å². The van der Waals surface area contributed by atoms with E-state index in [0.29, 0.717) is 11.1 Å². The molecule has 2 amide bonds. The van der Waals surface area contributed by atoms with E-state index >= 15 is 0 Å². The Hall–Kier alpha value is -3.31. The predicted molar refractivity (Wildman–Crippen MR) is 101 cm³/mol. The average molecular weight is 401 g/mol. The number of halogens is 2. The summed E-state index contributed by atoms with van der Waals surface area (Å²) in [6.07, 6.45) is -1.49.